The van der Waals surface area contributed by atoms with Crippen molar-refractivity contribution in [2.75, 3.05) is 18.0 Å². The lowest BCUT2D eigenvalue weighted by Gasteiger charge is -2.23. The van der Waals surface area contributed by atoms with E-state index in [0.29, 0.717) is 4.90 Å². The number of carbonyl (C=O) groups is 3. The van der Waals surface area contributed by atoms with Crippen molar-refractivity contribution in [3.8, 4) is 0 Å². The summed E-state index contributed by atoms with van der Waals surface area (Å²) in [5, 5.41) is 0. The third kappa shape index (κ3) is 4.01. The third-order valence-electron chi connectivity index (χ3n) is 3.41. The second kappa shape index (κ2) is 6.86. The highest BCUT2D eigenvalue weighted by atomic mass is 19.4. The molecule has 1 aromatic rings. The van der Waals surface area contributed by atoms with Crippen molar-refractivity contribution in [1.82, 2.24) is 4.90 Å². The van der Waals surface area contributed by atoms with Gasteiger partial charge >= 0.3 is 6.18 Å². The van der Waals surface area contributed by atoms with Crippen LogP contribution in [0.4, 0.5) is 18.9 Å². The molecule has 8 heteroatoms. The third-order valence-corrected chi connectivity index (χ3v) is 3.41. The molecule has 2 rings (SSSR count). The molecule has 1 saturated heterocycles. The number of nitrogens with zero attached hydrogens (tertiary/aromatic N) is 2. The van der Waals surface area contributed by atoms with Crippen molar-refractivity contribution in [1.29, 1.82) is 0 Å². The largest absolute Gasteiger partial charge is 0.406 e. The number of hydrogen-bond acceptors (Lipinski definition) is 3. The smallest absolute Gasteiger partial charge is 0.326 e. The fraction of sp³-hybridized carbons (Fsp3) is 0.312. The van der Waals surface area contributed by atoms with Crippen molar-refractivity contribution in [3.63, 3.8) is 0 Å². The molecule has 1 fully saturated rings. The van der Waals surface area contributed by atoms with Crippen LogP contribution in [0.5, 0.6) is 0 Å². The van der Waals surface area contributed by atoms with Gasteiger partial charge in [0.1, 0.15) is 6.54 Å². The summed E-state index contributed by atoms with van der Waals surface area (Å²) in [5.74, 6) is -1.65. The van der Waals surface area contributed by atoms with Crippen LogP contribution >= 0.6 is 0 Å². The number of amides is 3. The normalized spacial score (nSPS) is 14.9. The lowest BCUT2D eigenvalue weighted by atomic mass is 10.1. The Balaban J connectivity index is 2.29. The van der Waals surface area contributed by atoms with Gasteiger partial charge in [-0.1, -0.05) is 12.1 Å². The lowest BCUT2D eigenvalue weighted by molar-refractivity contribution is -0.139. The highest BCUT2D eigenvalue weighted by molar-refractivity contribution is 6.20. The van der Waals surface area contributed by atoms with Crippen LogP contribution in [-0.4, -0.2) is 41.9 Å². The van der Waals surface area contributed by atoms with Crippen LogP contribution in [0.15, 0.2) is 36.9 Å². The first-order valence-electron chi connectivity index (χ1n) is 7.15. The van der Waals surface area contributed by atoms with Gasteiger partial charge in [-0.25, -0.2) is 0 Å². The lowest BCUT2D eigenvalue weighted by Crippen LogP contribution is -2.39. The van der Waals surface area contributed by atoms with Gasteiger partial charge in [-0.05, 0) is 18.2 Å². The van der Waals surface area contributed by atoms with Crippen molar-refractivity contribution in [3.05, 3.63) is 42.5 Å². The topological polar surface area (TPSA) is 57.7 Å². The van der Waals surface area contributed by atoms with Gasteiger partial charge in [-0.3, -0.25) is 19.3 Å². The molecule has 24 heavy (non-hydrogen) atoms. The van der Waals surface area contributed by atoms with Crippen LogP contribution in [0, 0.1) is 0 Å². The van der Waals surface area contributed by atoms with Crippen molar-refractivity contribution in [2.24, 2.45) is 0 Å². The molecule has 0 bridgehead atoms. The van der Waals surface area contributed by atoms with Crippen molar-refractivity contribution in [2.45, 2.75) is 19.0 Å². The van der Waals surface area contributed by atoms with Crippen LogP contribution in [0.3, 0.4) is 0 Å². The Morgan fingerprint density at radius 1 is 1.25 bits per heavy atom. The first-order chi connectivity index (χ1) is 11.2. The maximum Gasteiger partial charge on any atom is 0.406 e. The van der Waals surface area contributed by atoms with Gasteiger partial charge in [0.05, 0.1) is 5.69 Å². The predicted molar refractivity (Wildman–Crippen MR) is 80.3 cm³/mol. The van der Waals surface area contributed by atoms with Crippen molar-refractivity contribution >= 4 is 23.4 Å². The summed E-state index contributed by atoms with van der Waals surface area (Å²) in [5.41, 5.74) is 0.144. The minimum atomic E-state index is -4.54. The van der Waals surface area contributed by atoms with E-state index in [4.69, 9.17) is 0 Å². The molecule has 0 saturated carbocycles. The van der Waals surface area contributed by atoms with Crippen LogP contribution in [0.1, 0.15) is 23.2 Å². The van der Waals surface area contributed by atoms with E-state index >= 15 is 0 Å². The molecule has 1 aromatic carbocycles. The fourth-order valence-corrected chi connectivity index (χ4v) is 2.42. The highest BCUT2D eigenvalue weighted by Crippen LogP contribution is 2.24. The predicted octanol–water partition coefficient (Wildman–Crippen LogP) is 2.53. The standard InChI is InChI=1S/C16H15F3N2O3/c1-2-8-20(10-16(17,18)19)15(24)11-4-3-5-12(9-11)21-13(22)6-7-14(21)23/h2-5,9H,1,6-8,10H2. The van der Waals surface area contributed by atoms with Gasteiger partial charge in [-0.15, -0.1) is 6.58 Å². The summed E-state index contributed by atoms with van der Waals surface area (Å²) in [4.78, 5) is 37.3. The number of rotatable bonds is 5. The zero-order valence-corrected chi connectivity index (χ0v) is 12.7. The zero-order valence-electron chi connectivity index (χ0n) is 12.7. The molecule has 5 nitrogen and oxygen atoms in total. The fourth-order valence-electron chi connectivity index (χ4n) is 2.42. The highest BCUT2D eigenvalue weighted by Gasteiger charge is 2.34. The summed E-state index contributed by atoms with van der Waals surface area (Å²) in [6.07, 6.45) is -3.19. The van der Waals surface area contributed by atoms with Gasteiger partial charge in [0.2, 0.25) is 11.8 Å². The summed E-state index contributed by atoms with van der Waals surface area (Å²) in [6.45, 7) is 1.66. The SMILES string of the molecule is C=CCN(CC(F)(F)F)C(=O)c1cccc(N2C(=O)CCC2=O)c1. The molecule has 128 valence electrons. The van der Waals surface area contributed by atoms with Crippen LogP contribution in [-0.2, 0) is 9.59 Å². The molecule has 0 atom stereocenters. The molecule has 0 spiro atoms. The Bertz CT molecular complexity index is 669. The van der Waals surface area contributed by atoms with E-state index in [2.05, 4.69) is 6.58 Å². The van der Waals surface area contributed by atoms with E-state index in [1.165, 1.54) is 30.3 Å². The molecule has 1 aliphatic heterocycles. The van der Waals surface area contributed by atoms with E-state index in [9.17, 15) is 27.6 Å². The molecule has 1 heterocycles. The van der Waals surface area contributed by atoms with Crippen LogP contribution in [0.25, 0.3) is 0 Å². The number of imide groups is 1. The molecule has 0 radical (unpaired) electrons. The molecule has 0 aliphatic carbocycles. The zero-order chi connectivity index (χ0) is 17.9. The van der Waals surface area contributed by atoms with Crippen LogP contribution < -0.4 is 4.90 Å². The minimum absolute atomic E-state index is 0.0360. The average molecular weight is 340 g/mol. The summed E-state index contributed by atoms with van der Waals surface area (Å²) in [7, 11) is 0. The van der Waals surface area contributed by atoms with Gasteiger partial charge < -0.3 is 4.90 Å². The Hall–Kier alpha value is -2.64. The second-order valence-corrected chi connectivity index (χ2v) is 5.26. The number of carbonyl (C=O) groups excluding carboxylic acids is 3. The first kappa shape index (κ1) is 17.7. The average Bonchev–Trinajstić information content (AvgIpc) is 2.84. The van der Waals surface area contributed by atoms with Gasteiger partial charge in [-0.2, -0.15) is 13.2 Å². The number of hydrogen-bond donors (Lipinski definition) is 0. The quantitative estimate of drug-likeness (QED) is 0.611. The molecule has 0 aromatic heterocycles. The summed E-state index contributed by atoms with van der Waals surface area (Å²) >= 11 is 0. The molecular formula is C16H15F3N2O3. The second-order valence-electron chi connectivity index (χ2n) is 5.26. The van der Waals surface area contributed by atoms with Crippen LogP contribution in [0.2, 0.25) is 0 Å². The molecule has 3 amide bonds. The van der Waals surface area contributed by atoms with E-state index in [1.54, 1.807) is 0 Å². The Morgan fingerprint density at radius 3 is 2.42 bits per heavy atom. The van der Waals surface area contributed by atoms with Gasteiger partial charge in [0.25, 0.3) is 5.91 Å². The number of alkyl halides is 3. The molecule has 1 aliphatic rings. The Kier molecular flexibility index (Phi) is 5.06. The number of halogens is 3. The van der Waals surface area contributed by atoms with E-state index in [-0.39, 0.29) is 30.6 Å². The van der Waals surface area contributed by atoms with E-state index in [1.807, 2.05) is 0 Å². The maximum atomic E-state index is 12.6. The van der Waals surface area contributed by atoms with E-state index < -0.39 is 30.4 Å². The monoisotopic (exact) mass is 340 g/mol. The van der Waals surface area contributed by atoms with E-state index in [0.717, 1.165) is 4.90 Å². The van der Waals surface area contributed by atoms with Gasteiger partial charge in [0.15, 0.2) is 0 Å². The molecule has 0 N–H and O–H groups in total. The number of anilines is 1. The molecule has 0 unspecified atom stereocenters. The summed E-state index contributed by atoms with van der Waals surface area (Å²) in [6, 6.07) is 5.46. The van der Waals surface area contributed by atoms with Gasteiger partial charge in [0, 0.05) is 24.9 Å². The number of benzene rings is 1. The molecular weight excluding hydrogens is 325 g/mol. The van der Waals surface area contributed by atoms with Crippen molar-refractivity contribution < 1.29 is 27.6 Å². The summed E-state index contributed by atoms with van der Waals surface area (Å²) < 4.78 is 37.8. The Labute approximate surface area is 136 Å². The first-order valence-corrected chi connectivity index (χ1v) is 7.15. The maximum absolute atomic E-state index is 12.6. The minimum Gasteiger partial charge on any atom is -0.326 e. The Morgan fingerprint density at radius 2 is 1.88 bits per heavy atom.